The van der Waals surface area contributed by atoms with E-state index in [1.54, 1.807) is 0 Å². The molecule has 1 saturated heterocycles. The van der Waals surface area contributed by atoms with Crippen molar-refractivity contribution in [2.75, 3.05) is 6.61 Å². The average Bonchev–Trinajstić information content (AvgIpc) is 2.80. The Balaban J connectivity index is 1.81. The van der Waals surface area contributed by atoms with Gasteiger partial charge in [0, 0.05) is 13.0 Å². The summed E-state index contributed by atoms with van der Waals surface area (Å²) >= 11 is 0. The van der Waals surface area contributed by atoms with Crippen LogP contribution in [0.5, 0.6) is 0 Å². The number of aliphatic imine (C=N–C) groups is 1. The van der Waals surface area contributed by atoms with Gasteiger partial charge in [-0.15, -0.1) is 0 Å². The number of nitrogens with zero attached hydrogens (tertiary/aromatic N) is 1. The van der Waals surface area contributed by atoms with Gasteiger partial charge in [-0.3, -0.25) is 4.99 Å². The van der Waals surface area contributed by atoms with Gasteiger partial charge >= 0.3 is 0 Å². The predicted molar refractivity (Wildman–Crippen MR) is 51.4 cm³/mol. The van der Waals surface area contributed by atoms with Crippen LogP contribution in [0.3, 0.4) is 0 Å². The molecule has 0 spiro atoms. The molecular formula is C9H17N3O. The third kappa shape index (κ3) is 2.67. The van der Waals surface area contributed by atoms with E-state index in [1.807, 2.05) is 0 Å². The molecule has 0 aromatic heterocycles. The molecule has 1 aliphatic carbocycles. The molecule has 2 aliphatic rings. The Kier molecular flexibility index (Phi) is 2.80. The van der Waals surface area contributed by atoms with Crippen LogP contribution in [0.2, 0.25) is 0 Å². The molecule has 2 fully saturated rings. The minimum atomic E-state index is 0.341. The van der Waals surface area contributed by atoms with Gasteiger partial charge in [-0.1, -0.05) is 0 Å². The molecule has 1 saturated carbocycles. The summed E-state index contributed by atoms with van der Waals surface area (Å²) in [6, 6.07) is 0.535. The van der Waals surface area contributed by atoms with Crippen LogP contribution in [0.25, 0.3) is 0 Å². The summed E-state index contributed by atoms with van der Waals surface area (Å²) in [6.45, 7) is 0.895. The maximum atomic E-state index is 5.51. The lowest BCUT2D eigenvalue weighted by Gasteiger charge is -2.10. The van der Waals surface area contributed by atoms with Crippen molar-refractivity contribution in [2.24, 2.45) is 10.8 Å². The van der Waals surface area contributed by atoms with Crippen LogP contribution < -0.4 is 11.3 Å². The summed E-state index contributed by atoms with van der Waals surface area (Å²) in [4.78, 5) is 4.47. The van der Waals surface area contributed by atoms with Crippen molar-refractivity contribution in [2.45, 2.75) is 44.2 Å². The molecule has 0 aromatic rings. The molecule has 4 nitrogen and oxygen atoms in total. The van der Waals surface area contributed by atoms with E-state index in [1.165, 1.54) is 19.3 Å². The van der Waals surface area contributed by atoms with Crippen molar-refractivity contribution in [3.05, 3.63) is 0 Å². The molecule has 13 heavy (non-hydrogen) atoms. The molecular weight excluding hydrogens is 166 g/mol. The van der Waals surface area contributed by atoms with Crippen LogP contribution in [0.1, 0.15) is 32.1 Å². The smallest absolute Gasteiger partial charge is 0.113 e. The maximum absolute atomic E-state index is 5.51. The van der Waals surface area contributed by atoms with Gasteiger partial charge in [-0.05, 0) is 25.7 Å². The number of ether oxygens (including phenoxy) is 1. The second kappa shape index (κ2) is 4.07. The first-order valence-electron chi connectivity index (χ1n) is 5.03. The van der Waals surface area contributed by atoms with Crippen LogP contribution in [0.15, 0.2) is 4.99 Å². The predicted octanol–water partition coefficient (Wildman–Crippen LogP) is 0.580. The highest BCUT2D eigenvalue weighted by Crippen LogP contribution is 2.24. The molecule has 4 heteroatoms. The third-order valence-corrected chi connectivity index (χ3v) is 2.50. The van der Waals surface area contributed by atoms with Crippen LogP contribution in [-0.2, 0) is 4.74 Å². The van der Waals surface area contributed by atoms with E-state index in [-0.39, 0.29) is 0 Å². The second-order valence-corrected chi connectivity index (χ2v) is 3.79. The Morgan fingerprint density at radius 3 is 2.85 bits per heavy atom. The topological polar surface area (TPSA) is 59.6 Å². The monoisotopic (exact) mass is 183 g/mol. The van der Waals surface area contributed by atoms with Crippen LogP contribution in [0.4, 0.5) is 0 Å². The summed E-state index contributed by atoms with van der Waals surface area (Å²) in [5.41, 5.74) is 2.67. The Hall–Kier alpha value is -0.610. The van der Waals surface area contributed by atoms with Crippen molar-refractivity contribution in [1.29, 1.82) is 0 Å². The van der Waals surface area contributed by atoms with Crippen LogP contribution >= 0.6 is 0 Å². The van der Waals surface area contributed by atoms with Crippen molar-refractivity contribution in [1.82, 2.24) is 5.43 Å². The van der Waals surface area contributed by atoms with Gasteiger partial charge in [0.05, 0.1) is 12.1 Å². The van der Waals surface area contributed by atoms with Crippen molar-refractivity contribution < 1.29 is 4.74 Å². The van der Waals surface area contributed by atoms with Crippen LogP contribution in [-0.4, -0.2) is 24.6 Å². The van der Waals surface area contributed by atoms with Gasteiger partial charge in [-0.2, -0.15) is 0 Å². The fourth-order valence-electron chi connectivity index (χ4n) is 1.59. The summed E-state index contributed by atoms with van der Waals surface area (Å²) in [5.74, 6) is 6.30. The average molecular weight is 183 g/mol. The van der Waals surface area contributed by atoms with Gasteiger partial charge in [0.1, 0.15) is 5.84 Å². The molecule has 1 unspecified atom stereocenters. The van der Waals surface area contributed by atoms with Crippen molar-refractivity contribution in [3.63, 3.8) is 0 Å². The molecule has 0 amide bonds. The summed E-state index contributed by atoms with van der Waals surface area (Å²) in [6.07, 6.45) is 5.95. The lowest BCUT2D eigenvalue weighted by Crippen LogP contribution is -2.33. The zero-order chi connectivity index (χ0) is 9.10. The first-order chi connectivity index (χ1) is 6.38. The highest BCUT2D eigenvalue weighted by molar-refractivity contribution is 5.82. The van der Waals surface area contributed by atoms with Crippen molar-refractivity contribution >= 4 is 5.84 Å². The maximum Gasteiger partial charge on any atom is 0.113 e. The quantitative estimate of drug-likeness (QED) is 0.291. The van der Waals surface area contributed by atoms with E-state index >= 15 is 0 Å². The zero-order valence-corrected chi connectivity index (χ0v) is 7.83. The Morgan fingerprint density at radius 2 is 2.31 bits per heavy atom. The Morgan fingerprint density at radius 1 is 1.46 bits per heavy atom. The largest absolute Gasteiger partial charge is 0.378 e. The van der Waals surface area contributed by atoms with E-state index in [9.17, 15) is 0 Å². The molecule has 0 bridgehead atoms. The van der Waals surface area contributed by atoms with Gasteiger partial charge < -0.3 is 10.2 Å². The Bertz CT molecular complexity index is 195. The molecule has 3 N–H and O–H groups in total. The number of nitrogens with one attached hydrogen (secondary N) is 1. The second-order valence-electron chi connectivity index (χ2n) is 3.79. The minimum Gasteiger partial charge on any atom is -0.378 e. The number of rotatable bonds is 3. The zero-order valence-electron chi connectivity index (χ0n) is 7.83. The lowest BCUT2D eigenvalue weighted by molar-refractivity contribution is 0.116. The SMILES string of the molecule is NNC(CC1CCCO1)=NC1CC1. The highest BCUT2D eigenvalue weighted by Gasteiger charge is 2.23. The van der Waals surface area contributed by atoms with E-state index < -0.39 is 0 Å². The molecule has 74 valence electrons. The summed E-state index contributed by atoms with van der Waals surface area (Å²) in [7, 11) is 0. The van der Waals surface area contributed by atoms with Gasteiger partial charge in [0.2, 0.25) is 0 Å². The molecule has 1 atom stereocenters. The van der Waals surface area contributed by atoms with E-state index in [4.69, 9.17) is 10.6 Å². The normalized spacial score (nSPS) is 29.3. The Labute approximate surface area is 78.5 Å². The standard InChI is InChI=1S/C9H17N3O/c10-12-9(11-7-3-4-7)6-8-2-1-5-13-8/h7-8H,1-6,10H2,(H,11,12). The summed E-state index contributed by atoms with van der Waals surface area (Å²) < 4.78 is 5.51. The molecule has 2 rings (SSSR count). The van der Waals surface area contributed by atoms with Crippen LogP contribution in [0, 0.1) is 0 Å². The number of hydrogen-bond donors (Lipinski definition) is 2. The van der Waals surface area contributed by atoms with E-state index in [0.29, 0.717) is 12.1 Å². The van der Waals surface area contributed by atoms with Crippen molar-refractivity contribution in [3.8, 4) is 0 Å². The summed E-state index contributed by atoms with van der Waals surface area (Å²) in [5, 5.41) is 0. The van der Waals surface area contributed by atoms with E-state index in [2.05, 4.69) is 10.4 Å². The van der Waals surface area contributed by atoms with Gasteiger partial charge in [0.25, 0.3) is 0 Å². The number of hydrogen-bond acceptors (Lipinski definition) is 3. The number of amidine groups is 1. The fraction of sp³-hybridized carbons (Fsp3) is 0.889. The third-order valence-electron chi connectivity index (χ3n) is 2.50. The van der Waals surface area contributed by atoms with Gasteiger partial charge in [-0.25, -0.2) is 5.84 Å². The van der Waals surface area contributed by atoms with Gasteiger partial charge in [0.15, 0.2) is 0 Å². The van der Waals surface area contributed by atoms with E-state index in [0.717, 1.165) is 25.3 Å². The first kappa shape index (κ1) is 8.97. The molecule has 1 aliphatic heterocycles. The molecule has 0 aromatic carbocycles. The molecule has 1 heterocycles. The number of nitrogens with two attached hydrogens (primary N) is 1. The fourth-order valence-corrected chi connectivity index (χ4v) is 1.59. The molecule has 0 radical (unpaired) electrons. The highest BCUT2D eigenvalue weighted by atomic mass is 16.5. The minimum absolute atomic E-state index is 0.341. The lowest BCUT2D eigenvalue weighted by atomic mass is 10.2. The number of hydrazine groups is 1. The first-order valence-corrected chi connectivity index (χ1v) is 5.03.